The van der Waals surface area contributed by atoms with Crippen LogP contribution in [0.5, 0.6) is 0 Å². The SMILES string of the molecule is N=C(c1cc2cc(Cl)ccc2o1)N(O)c1ccccc1. The minimum Gasteiger partial charge on any atom is -0.453 e. The lowest BCUT2D eigenvalue weighted by molar-refractivity contribution is 0.309. The van der Waals surface area contributed by atoms with E-state index in [-0.39, 0.29) is 11.6 Å². The number of halogens is 1. The summed E-state index contributed by atoms with van der Waals surface area (Å²) in [6, 6.07) is 15.7. The number of amidine groups is 1. The van der Waals surface area contributed by atoms with Crippen LogP contribution in [0, 0.1) is 5.41 Å². The van der Waals surface area contributed by atoms with Crippen molar-refractivity contribution in [3.63, 3.8) is 0 Å². The third-order valence-corrected chi connectivity index (χ3v) is 3.16. The maximum atomic E-state index is 10.0. The van der Waals surface area contributed by atoms with Gasteiger partial charge >= 0.3 is 0 Å². The number of nitrogens with zero attached hydrogens (tertiary/aromatic N) is 1. The van der Waals surface area contributed by atoms with E-state index in [4.69, 9.17) is 21.4 Å². The summed E-state index contributed by atoms with van der Waals surface area (Å²) in [6.45, 7) is 0. The van der Waals surface area contributed by atoms with E-state index in [1.807, 2.05) is 6.07 Å². The standard InChI is InChI=1S/C15H11ClN2O2/c16-11-6-7-13-10(8-11)9-14(20-13)15(17)18(19)12-4-2-1-3-5-12/h1-9,17,19H. The zero-order valence-corrected chi connectivity index (χ0v) is 11.1. The number of hydrogen-bond donors (Lipinski definition) is 2. The maximum absolute atomic E-state index is 10.0. The van der Waals surface area contributed by atoms with Crippen molar-refractivity contribution >= 4 is 34.1 Å². The summed E-state index contributed by atoms with van der Waals surface area (Å²) in [4.78, 5) is 0. The molecule has 100 valence electrons. The Hall–Kier alpha value is -2.30. The van der Waals surface area contributed by atoms with Crippen molar-refractivity contribution in [1.29, 1.82) is 5.41 Å². The van der Waals surface area contributed by atoms with Gasteiger partial charge in [-0.3, -0.25) is 10.6 Å². The number of hydrogen-bond acceptors (Lipinski definition) is 3. The molecule has 0 atom stereocenters. The van der Waals surface area contributed by atoms with Crippen LogP contribution in [-0.2, 0) is 0 Å². The zero-order valence-electron chi connectivity index (χ0n) is 10.4. The molecule has 1 aromatic heterocycles. The Balaban J connectivity index is 1.96. The Morgan fingerprint density at radius 1 is 1.10 bits per heavy atom. The molecule has 0 unspecified atom stereocenters. The number of benzene rings is 2. The highest BCUT2D eigenvalue weighted by Crippen LogP contribution is 2.24. The second kappa shape index (κ2) is 5.00. The van der Waals surface area contributed by atoms with Crippen molar-refractivity contribution in [3.8, 4) is 0 Å². The van der Waals surface area contributed by atoms with Crippen LogP contribution in [0.1, 0.15) is 5.76 Å². The van der Waals surface area contributed by atoms with Crippen LogP contribution in [0.3, 0.4) is 0 Å². The molecule has 0 fully saturated rings. The predicted molar refractivity (Wildman–Crippen MR) is 78.8 cm³/mol. The average Bonchev–Trinajstić information content (AvgIpc) is 2.89. The first kappa shape index (κ1) is 12.7. The number of para-hydroxylation sites is 1. The van der Waals surface area contributed by atoms with Crippen LogP contribution in [0.15, 0.2) is 59.0 Å². The number of rotatable bonds is 2. The molecule has 0 aliphatic rings. The van der Waals surface area contributed by atoms with Gasteiger partial charge in [-0.15, -0.1) is 0 Å². The predicted octanol–water partition coefficient (Wildman–Crippen LogP) is 4.31. The average molecular weight is 287 g/mol. The Labute approximate surface area is 120 Å². The number of nitrogens with one attached hydrogen (secondary N) is 1. The van der Waals surface area contributed by atoms with E-state index >= 15 is 0 Å². The van der Waals surface area contributed by atoms with Gasteiger partial charge in [0.25, 0.3) is 0 Å². The molecular weight excluding hydrogens is 276 g/mol. The molecule has 0 aliphatic carbocycles. The summed E-state index contributed by atoms with van der Waals surface area (Å²) in [7, 11) is 0. The van der Waals surface area contributed by atoms with Crippen molar-refractivity contribution in [2.24, 2.45) is 0 Å². The number of anilines is 1. The highest BCUT2D eigenvalue weighted by atomic mass is 35.5. The van der Waals surface area contributed by atoms with Gasteiger partial charge < -0.3 is 4.42 Å². The van der Waals surface area contributed by atoms with Gasteiger partial charge in [-0.1, -0.05) is 29.8 Å². The van der Waals surface area contributed by atoms with E-state index in [9.17, 15) is 5.21 Å². The highest BCUT2D eigenvalue weighted by molar-refractivity contribution is 6.31. The maximum Gasteiger partial charge on any atom is 0.193 e. The zero-order chi connectivity index (χ0) is 14.1. The minimum absolute atomic E-state index is 0.136. The van der Waals surface area contributed by atoms with Gasteiger partial charge in [-0.05, 0) is 36.4 Å². The Morgan fingerprint density at radius 2 is 1.85 bits per heavy atom. The minimum atomic E-state index is -0.136. The molecule has 0 aliphatic heterocycles. The number of furan rings is 1. The number of hydroxylamine groups is 1. The highest BCUT2D eigenvalue weighted by Gasteiger charge is 2.16. The third kappa shape index (κ3) is 2.27. The molecule has 0 radical (unpaired) electrons. The molecule has 0 saturated heterocycles. The lowest BCUT2D eigenvalue weighted by Gasteiger charge is -2.15. The lowest BCUT2D eigenvalue weighted by Crippen LogP contribution is -2.26. The summed E-state index contributed by atoms with van der Waals surface area (Å²) >= 11 is 5.91. The van der Waals surface area contributed by atoms with Crippen molar-refractivity contribution in [3.05, 3.63) is 65.4 Å². The van der Waals surface area contributed by atoms with Crippen LogP contribution in [0.4, 0.5) is 5.69 Å². The van der Waals surface area contributed by atoms with Gasteiger partial charge in [-0.2, -0.15) is 0 Å². The Bertz CT molecular complexity index is 768. The molecule has 0 amide bonds. The van der Waals surface area contributed by atoms with Crippen molar-refractivity contribution < 1.29 is 9.62 Å². The van der Waals surface area contributed by atoms with Gasteiger partial charge in [-0.25, -0.2) is 5.06 Å². The summed E-state index contributed by atoms with van der Waals surface area (Å²) < 4.78 is 5.54. The van der Waals surface area contributed by atoms with Crippen molar-refractivity contribution in [1.82, 2.24) is 0 Å². The van der Waals surface area contributed by atoms with Gasteiger partial charge in [0, 0.05) is 10.4 Å². The molecule has 2 N–H and O–H groups in total. The van der Waals surface area contributed by atoms with E-state index in [1.165, 1.54) is 0 Å². The third-order valence-electron chi connectivity index (χ3n) is 2.92. The summed E-state index contributed by atoms with van der Waals surface area (Å²) in [5, 5.41) is 20.2. The Kier molecular flexibility index (Phi) is 3.18. The monoisotopic (exact) mass is 286 g/mol. The molecule has 0 saturated carbocycles. The normalized spacial score (nSPS) is 10.7. The topological polar surface area (TPSA) is 60.5 Å². The van der Waals surface area contributed by atoms with Crippen molar-refractivity contribution in [2.75, 3.05) is 5.06 Å². The second-order valence-corrected chi connectivity index (χ2v) is 4.73. The van der Waals surface area contributed by atoms with Gasteiger partial charge in [0.2, 0.25) is 0 Å². The van der Waals surface area contributed by atoms with E-state index < -0.39 is 0 Å². The van der Waals surface area contributed by atoms with Crippen LogP contribution >= 0.6 is 11.6 Å². The molecule has 5 heteroatoms. The van der Waals surface area contributed by atoms with E-state index in [1.54, 1.807) is 48.5 Å². The molecule has 0 spiro atoms. The summed E-state index contributed by atoms with van der Waals surface area (Å²) in [5.41, 5.74) is 1.12. The van der Waals surface area contributed by atoms with E-state index in [0.717, 1.165) is 10.4 Å². The first-order valence-electron chi connectivity index (χ1n) is 5.97. The molecule has 1 heterocycles. The smallest absolute Gasteiger partial charge is 0.193 e. The summed E-state index contributed by atoms with van der Waals surface area (Å²) in [6.07, 6.45) is 0. The number of fused-ring (bicyclic) bond motifs is 1. The molecular formula is C15H11ClN2O2. The fourth-order valence-electron chi connectivity index (χ4n) is 1.93. The van der Waals surface area contributed by atoms with E-state index in [0.29, 0.717) is 16.3 Å². The quantitative estimate of drug-likeness (QED) is 0.419. The van der Waals surface area contributed by atoms with Crippen LogP contribution < -0.4 is 5.06 Å². The summed E-state index contributed by atoms with van der Waals surface area (Å²) in [5.74, 6) is 0.136. The van der Waals surface area contributed by atoms with Gasteiger partial charge in [0.05, 0.1) is 5.69 Å². The lowest BCUT2D eigenvalue weighted by atomic mass is 10.2. The van der Waals surface area contributed by atoms with Gasteiger partial charge in [0.1, 0.15) is 5.58 Å². The fraction of sp³-hybridized carbons (Fsp3) is 0. The fourth-order valence-corrected chi connectivity index (χ4v) is 2.11. The molecule has 3 rings (SSSR count). The molecule has 3 aromatic rings. The molecule has 20 heavy (non-hydrogen) atoms. The largest absolute Gasteiger partial charge is 0.453 e. The van der Waals surface area contributed by atoms with Crippen LogP contribution in [-0.4, -0.2) is 11.0 Å². The second-order valence-electron chi connectivity index (χ2n) is 4.29. The molecule has 2 aromatic carbocycles. The molecule has 4 nitrogen and oxygen atoms in total. The van der Waals surface area contributed by atoms with E-state index in [2.05, 4.69) is 0 Å². The first-order valence-corrected chi connectivity index (χ1v) is 6.35. The Morgan fingerprint density at radius 3 is 2.60 bits per heavy atom. The van der Waals surface area contributed by atoms with Crippen molar-refractivity contribution in [2.45, 2.75) is 0 Å². The van der Waals surface area contributed by atoms with Crippen LogP contribution in [0.2, 0.25) is 5.02 Å². The van der Waals surface area contributed by atoms with Gasteiger partial charge in [0.15, 0.2) is 11.6 Å². The first-order chi connectivity index (χ1) is 9.65. The molecule has 0 bridgehead atoms. The van der Waals surface area contributed by atoms with Crippen LogP contribution in [0.25, 0.3) is 11.0 Å².